The van der Waals surface area contributed by atoms with Crippen LogP contribution >= 0.6 is 0 Å². The van der Waals surface area contributed by atoms with E-state index in [0.29, 0.717) is 12.0 Å². The average Bonchev–Trinajstić information content (AvgIpc) is 2.43. The molecule has 0 heterocycles. The van der Waals surface area contributed by atoms with Gasteiger partial charge in [-0.05, 0) is 55.9 Å². The molecular formula is C19H23NO. The Morgan fingerprint density at radius 2 is 1.76 bits per heavy atom. The SMILES string of the molecule is COc1cc(C)ccc1NC1CC(c2cccc(C)c2)C1. The minimum atomic E-state index is 0.548. The van der Waals surface area contributed by atoms with E-state index in [1.54, 1.807) is 7.11 Å². The second-order valence-corrected chi connectivity index (χ2v) is 6.13. The fraction of sp³-hybridized carbons (Fsp3) is 0.368. The largest absolute Gasteiger partial charge is 0.495 e. The highest BCUT2D eigenvalue weighted by Gasteiger charge is 2.30. The van der Waals surface area contributed by atoms with Crippen molar-refractivity contribution in [3.05, 3.63) is 59.2 Å². The van der Waals surface area contributed by atoms with Gasteiger partial charge >= 0.3 is 0 Å². The van der Waals surface area contributed by atoms with E-state index in [0.717, 1.165) is 11.4 Å². The highest BCUT2D eigenvalue weighted by atomic mass is 16.5. The summed E-state index contributed by atoms with van der Waals surface area (Å²) in [5, 5.41) is 3.61. The van der Waals surface area contributed by atoms with E-state index in [1.165, 1.54) is 29.5 Å². The van der Waals surface area contributed by atoms with Gasteiger partial charge in [-0.2, -0.15) is 0 Å². The van der Waals surface area contributed by atoms with E-state index in [2.05, 4.69) is 61.6 Å². The van der Waals surface area contributed by atoms with Gasteiger partial charge in [-0.15, -0.1) is 0 Å². The van der Waals surface area contributed by atoms with Gasteiger partial charge in [-0.3, -0.25) is 0 Å². The molecule has 0 aliphatic heterocycles. The van der Waals surface area contributed by atoms with Crippen LogP contribution in [0.25, 0.3) is 0 Å². The summed E-state index contributed by atoms with van der Waals surface area (Å²) in [6, 6.07) is 15.8. The van der Waals surface area contributed by atoms with Crippen molar-refractivity contribution in [2.45, 2.75) is 38.6 Å². The smallest absolute Gasteiger partial charge is 0.142 e. The molecule has 21 heavy (non-hydrogen) atoms. The summed E-state index contributed by atoms with van der Waals surface area (Å²) in [6.07, 6.45) is 2.39. The molecule has 1 aliphatic rings. The Morgan fingerprint density at radius 1 is 1.00 bits per heavy atom. The highest BCUT2D eigenvalue weighted by Crippen LogP contribution is 2.40. The van der Waals surface area contributed by atoms with Gasteiger partial charge in [0.25, 0.3) is 0 Å². The molecule has 110 valence electrons. The Kier molecular flexibility index (Phi) is 3.87. The lowest BCUT2D eigenvalue weighted by molar-refractivity contribution is 0.370. The minimum Gasteiger partial charge on any atom is -0.495 e. The van der Waals surface area contributed by atoms with Crippen molar-refractivity contribution >= 4 is 5.69 Å². The van der Waals surface area contributed by atoms with Crippen molar-refractivity contribution < 1.29 is 4.74 Å². The minimum absolute atomic E-state index is 0.548. The predicted octanol–water partition coefficient (Wildman–Crippen LogP) is 4.67. The Labute approximate surface area is 127 Å². The van der Waals surface area contributed by atoms with Gasteiger partial charge in [-0.25, -0.2) is 0 Å². The summed E-state index contributed by atoms with van der Waals surface area (Å²) in [4.78, 5) is 0. The van der Waals surface area contributed by atoms with Crippen LogP contribution in [-0.4, -0.2) is 13.2 Å². The Balaban J connectivity index is 1.62. The fourth-order valence-corrected chi connectivity index (χ4v) is 3.07. The molecule has 0 bridgehead atoms. The molecule has 0 amide bonds. The number of aryl methyl sites for hydroxylation is 2. The molecule has 0 spiro atoms. The quantitative estimate of drug-likeness (QED) is 0.879. The normalized spacial score (nSPS) is 20.7. The maximum atomic E-state index is 5.46. The summed E-state index contributed by atoms with van der Waals surface area (Å²) in [5.41, 5.74) is 5.16. The van der Waals surface area contributed by atoms with Gasteiger partial charge < -0.3 is 10.1 Å². The van der Waals surface area contributed by atoms with Crippen molar-refractivity contribution in [2.75, 3.05) is 12.4 Å². The molecule has 2 aromatic rings. The molecule has 1 fully saturated rings. The zero-order valence-corrected chi connectivity index (χ0v) is 13.0. The zero-order valence-electron chi connectivity index (χ0n) is 13.0. The molecule has 2 aromatic carbocycles. The lowest BCUT2D eigenvalue weighted by Crippen LogP contribution is -2.34. The number of methoxy groups -OCH3 is 1. The van der Waals surface area contributed by atoms with Crippen molar-refractivity contribution in [2.24, 2.45) is 0 Å². The second kappa shape index (κ2) is 5.80. The Bertz CT molecular complexity index is 629. The molecule has 1 N–H and O–H groups in total. The van der Waals surface area contributed by atoms with Crippen LogP contribution in [0.15, 0.2) is 42.5 Å². The van der Waals surface area contributed by atoms with Crippen LogP contribution in [0.1, 0.15) is 35.4 Å². The molecule has 0 saturated heterocycles. The molecule has 3 rings (SSSR count). The van der Waals surface area contributed by atoms with E-state index in [1.807, 2.05) is 0 Å². The number of benzene rings is 2. The maximum Gasteiger partial charge on any atom is 0.142 e. The molecule has 0 aromatic heterocycles. The van der Waals surface area contributed by atoms with Gasteiger partial charge in [0.15, 0.2) is 0 Å². The first-order chi connectivity index (χ1) is 10.2. The van der Waals surface area contributed by atoms with Crippen LogP contribution in [0.4, 0.5) is 5.69 Å². The monoisotopic (exact) mass is 281 g/mol. The van der Waals surface area contributed by atoms with E-state index in [4.69, 9.17) is 4.74 Å². The van der Waals surface area contributed by atoms with Crippen LogP contribution in [0, 0.1) is 13.8 Å². The second-order valence-electron chi connectivity index (χ2n) is 6.13. The van der Waals surface area contributed by atoms with Gasteiger partial charge in [0, 0.05) is 6.04 Å². The van der Waals surface area contributed by atoms with Crippen molar-refractivity contribution in [1.82, 2.24) is 0 Å². The van der Waals surface area contributed by atoms with Crippen molar-refractivity contribution in [3.63, 3.8) is 0 Å². The van der Waals surface area contributed by atoms with Crippen molar-refractivity contribution in [1.29, 1.82) is 0 Å². The molecule has 0 unspecified atom stereocenters. The average molecular weight is 281 g/mol. The topological polar surface area (TPSA) is 21.3 Å². The van der Waals surface area contributed by atoms with Crippen LogP contribution in [0.3, 0.4) is 0 Å². The first kappa shape index (κ1) is 14.0. The summed E-state index contributed by atoms with van der Waals surface area (Å²) < 4.78 is 5.46. The van der Waals surface area contributed by atoms with Gasteiger partial charge in [-0.1, -0.05) is 35.9 Å². The Morgan fingerprint density at radius 3 is 2.48 bits per heavy atom. The third-order valence-corrected chi connectivity index (χ3v) is 4.37. The summed E-state index contributed by atoms with van der Waals surface area (Å²) >= 11 is 0. The number of anilines is 1. The third-order valence-electron chi connectivity index (χ3n) is 4.37. The molecule has 1 saturated carbocycles. The number of hydrogen-bond donors (Lipinski definition) is 1. The number of rotatable bonds is 4. The van der Waals surface area contributed by atoms with Crippen LogP contribution in [-0.2, 0) is 0 Å². The number of nitrogens with one attached hydrogen (secondary N) is 1. The van der Waals surface area contributed by atoms with E-state index >= 15 is 0 Å². The maximum absolute atomic E-state index is 5.46. The van der Waals surface area contributed by atoms with E-state index in [9.17, 15) is 0 Å². The van der Waals surface area contributed by atoms with Crippen LogP contribution in [0.5, 0.6) is 5.75 Å². The number of hydrogen-bond acceptors (Lipinski definition) is 2. The first-order valence-corrected chi connectivity index (χ1v) is 7.63. The molecular weight excluding hydrogens is 258 g/mol. The standard InChI is InChI=1S/C19H23NO/c1-13-5-4-6-15(9-13)16-11-17(12-16)20-18-8-7-14(2)10-19(18)21-3/h4-10,16-17,20H,11-12H2,1-3H3. The molecule has 0 atom stereocenters. The fourth-order valence-electron chi connectivity index (χ4n) is 3.07. The predicted molar refractivity (Wildman–Crippen MR) is 88.3 cm³/mol. The zero-order chi connectivity index (χ0) is 14.8. The van der Waals surface area contributed by atoms with E-state index < -0.39 is 0 Å². The van der Waals surface area contributed by atoms with Crippen molar-refractivity contribution in [3.8, 4) is 5.75 Å². The third kappa shape index (κ3) is 3.05. The lowest BCUT2D eigenvalue weighted by Gasteiger charge is -2.37. The Hall–Kier alpha value is -1.96. The van der Waals surface area contributed by atoms with E-state index in [-0.39, 0.29) is 0 Å². The van der Waals surface area contributed by atoms with Gasteiger partial charge in [0.05, 0.1) is 12.8 Å². The molecule has 2 nitrogen and oxygen atoms in total. The van der Waals surface area contributed by atoms with Gasteiger partial charge in [0.2, 0.25) is 0 Å². The first-order valence-electron chi connectivity index (χ1n) is 7.63. The molecule has 1 aliphatic carbocycles. The van der Waals surface area contributed by atoms with Crippen LogP contribution in [0.2, 0.25) is 0 Å². The van der Waals surface area contributed by atoms with Crippen LogP contribution < -0.4 is 10.1 Å². The van der Waals surface area contributed by atoms with Gasteiger partial charge in [0.1, 0.15) is 5.75 Å². The summed E-state index contributed by atoms with van der Waals surface area (Å²) in [6.45, 7) is 4.25. The molecule has 0 radical (unpaired) electrons. The highest BCUT2D eigenvalue weighted by molar-refractivity contribution is 5.58. The molecule has 2 heteroatoms. The summed E-state index contributed by atoms with van der Waals surface area (Å²) in [7, 11) is 1.73. The number of ether oxygens (including phenoxy) is 1. The lowest BCUT2D eigenvalue weighted by atomic mass is 9.75. The summed E-state index contributed by atoms with van der Waals surface area (Å²) in [5.74, 6) is 1.63.